The first-order chi connectivity index (χ1) is 8.31. The van der Waals surface area contributed by atoms with Crippen LogP contribution >= 0.6 is 11.3 Å². The summed E-state index contributed by atoms with van der Waals surface area (Å²) >= 11 is 1.36. The average Bonchev–Trinajstić information content (AvgIpc) is 2.75. The molecule has 1 heterocycles. The molecule has 0 amide bonds. The Hall–Kier alpha value is -1.55. The van der Waals surface area contributed by atoms with Gasteiger partial charge < -0.3 is 10.5 Å². The van der Waals surface area contributed by atoms with E-state index in [9.17, 15) is 0 Å². The molecule has 2 N–H and O–H groups in total. The molecule has 0 fully saturated rings. The average molecular weight is 246 g/mol. The van der Waals surface area contributed by atoms with Crippen molar-refractivity contribution in [3.05, 3.63) is 35.5 Å². The first-order valence-corrected chi connectivity index (χ1v) is 6.64. The van der Waals surface area contributed by atoms with E-state index in [0.29, 0.717) is 10.2 Å². The lowest BCUT2D eigenvalue weighted by Crippen LogP contribution is -2.02. The molecule has 1 aromatic carbocycles. The molecule has 0 atom stereocenters. The number of nitrogen functional groups attached to an aromatic ring is 1. The molecule has 0 saturated carbocycles. The van der Waals surface area contributed by atoms with E-state index in [2.05, 4.69) is 17.1 Å². The van der Waals surface area contributed by atoms with Crippen molar-refractivity contribution in [1.82, 2.24) is 4.98 Å². The van der Waals surface area contributed by atoms with E-state index in [1.54, 1.807) is 6.20 Å². The molecule has 0 spiro atoms. The maximum Gasteiger partial charge on any atom is 0.280 e. The number of anilines is 1. The summed E-state index contributed by atoms with van der Waals surface area (Å²) < 4.78 is 5.69. The van der Waals surface area contributed by atoms with Crippen LogP contribution in [0.3, 0.4) is 0 Å². The summed E-state index contributed by atoms with van der Waals surface area (Å²) in [5.41, 5.74) is 8.49. The molecule has 17 heavy (non-hydrogen) atoms. The van der Waals surface area contributed by atoms with Gasteiger partial charge in [-0.2, -0.15) is 0 Å². The maximum atomic E-state index is 5.69. The fourth-order valence-electron chi connectivity index (χ4n) is 2.19. The predicted molar refractivity (Wildman–Crippen MR) is 69.7 cm³/mol. The molecule has 3 nitrogen and oxygen atoms in total. The van der Waals surface area contributed by atoms with Gasteiger partial charge in [0.15, 0.2) is 0 Å². The Morgan fingerprint density at radius 3 is 2.76 bits per heavy atom. The van der Waals surface area contributed by atoms with Crippen LogP contribution in [0.5, 0.6) is 10.9 Å². The van der Waals surface area contributed by atoms with Crippen LogP contribution in [-0.4, -0.2) is 4.98 Å². The van der Waals surface area contributed by atoms with Gasteiger partial charge in [0.1, 0.15) is 10.8 Å². The number of fused-ring (bicyclic) bond motifs is 1. The van der Waals surface area contributed by atoms with Crippen LogP contribution in [0.15, 0.2) is 24.4 Å². The van der Waals surface area contributed by atoms with Crippen molar-refractivity contribution in [1.29, 1.82) is 0 Å². The summed E-state index contributed by atoms with van der Waals surface area (Å²) in [6.45, 7) is 0. The van der Waals surface area contributed by atoms with Crippen LogP contribution in [0.4, 0.5) is 5.00 Å². The van der Waals surface area contributed by atoms with E-state index in [0.717, 1.165) is 12.2 Å². The SMILES string of the molecule is Nc1cnc(Oc2ccc3c(c2)CCCC3)s1. The Balaban J connectivity index is 1.84. The molecular formula is C13H14N2OS. The minimum absolute atomic E-state index is 0.609. The fourth-order valence-corrected chi connectivity index (χ4v) is 2.74. The van der Waals surface area contributed by atoms with Crippen molar-refractivity contribution >= 4 is 16.3 Å². The first kappa shape index (κ1) is 10.6. The Bertz CT molecular complexity index is 536. The van der Waals surface area contributed by atoms with E-state index in [4.69, 9.17) is 10.5 Å². The number of aromatic nitrogens is 1. The van der Waals surface area contributed by atoms with Crippen LogP contribution in [0.2, 0.25) is 0 Å². The standard InChI is InChI=1S/C13H14N2OS/c14-12-8-15-13(17-12)16-11-6-5-9-3-1-2-4-10(9)7-11/h5-8H,1-4,14H2. The van der Waals surface area contributed by atoms with Gasteiger partial charge in [0, 0.05) is 0 Å². The molecular weight excluding hydrogens is 232 g/mol. The van der Waals surface area contributed by atoms with Crippen molar-refractivity contribution < 1.29 is 4.74 Å². The molecule has 1 aromatic heterocycles. The number of ether oxygens (including phenoxy) is 1. The van der Waals surface area contributed by atoms with Crippen molar-refractivity contribution in [2.75, 3.05) is 5.73 Å². The van der Waals surface area contributed by atoms with Gasteiger partial charge in [0.2, 0.25) is 0 Å². The van der Waals surface area contributed by atoms with Crippen LogP contribution < -0.4 is 10.5 Å². The molecule has 4 heteroatoms. The van der Waals surface area contributed by atoms with Gasteiger partial charge in [-0.1, -0.05) is 17.4 Å². The van der Waals surface area contributed by atoms with Crippen LogP contribution in [-0.2, 0) is 12.8 Å². The second kappa shape index (κ2) is 4.37. The number of aryl methyl sites for hydroxylation is 2. The third-order valence-corrected chi connectivity index (χ3v) is 3.73. The van der Waals surface area contributed by atoms with Crippen molar-refractivity contribution in [3.8, 4) is 10.9 Å². The largest absolute Gasteiger partial charge is 0.431 e. The molecule has 0 radical (unpaired) electrons. The highest BCUT2D eigenvalue weighted by Gasteiger charge is 2.10. The van der Waals surface area contributed by atoms with Crippen LogP contribution in [0.1, 0.15) is 24.0 Å². The van der Waals surface area contributed by atoms with Gasteiger partial charge in [-0.15, -0.1) is 0 Å². The highest BCUT2D eigenvalue weighted by atomic mass is 32.1. The summed E-state index contributed by atoms with van der Waals surface area (Å²) in [5.74, 6) is 0.861. The number of rotatable bonds is 2. The van der Waals surface area contributed by atoms with E-state index >= 15 is 0 Å². The summed E-state index contributed by atoms with van der Waals surface area (Å²) in [7, 11) is 0. The van der Waals surface area contributed by atoms with Gasteiger partial charge in [-0.3, -0.25) is 0 Å². The number of nitrogens with zero attached hydrogens (tertiary/aromatic N) is 1. The van der Waals surface area contributed by atoms with Gasteiger partial charge in [-0.25, -0.2) is 4.98 Å². The first-order valence-electron chi connectivity index (χ1n) is 5.82. The van der Waals surface area contributed by atoms with Crippen molar-refractivity contribution in [2.24, 2.45) is 0 Å². The molecule has 0 saturated heterocycles. The molecule has 0 aliphatic heterocycles. The highest BCUT2D eigenvalue weighted by molar-refractivity contribution is 7.17. The zero-order valence-corrected chi connectivity index (χ0v) is 10.3. The second-order valence-electron chi connectivity index (χ2n) is 4.27. The number of thiazole rings is 1. The van der Waals surface area contributed by atoms with Crippen LogP contribution in [0.25, 0.3) is 0 Å². The Morgan fingerprint density at radius 1 is 1.18 bits per heavy atom. The molecule has 2 aromatic rings. The Labute approximate surface area is 104 Å². The summed E-state index contributed by atoms with van der Waals surface area (Å²) in [5, 5.41) is 1.29. The fraction of sp³-hybridized carbons (Fsp3) is 0.308. The highest BCUT2D eigenvalue weighted by Crippen LogP contribution is 2.30. The van der Waals surface area contributed by atoms with Gasteiger partial charge in [-0.05, 0) is 48.9 Å². The number of nitrogens with two attached hydrogens (primary N) is 1. The smallest absolute Gasteiger partial charge is 0.280 e. The minimum Gasteiger partial charge on any atom is -0.431 e. The van der Waals surface area contributed by atoms with Gasteiger partial charge in [0.25, 0.3) is 5.19 Å². The van der Waals surface area contributed by atoms with E-state index in [-0.39, 0.29) is 0 Å². The normalized spacial score (nSPS) is 14.4. The van der Waals surface area contributed by atoms with E-state index < -0.39 is 0 Å². The lowest BCUT2D eigenvalue weighted by molar-refractivity contribution is 0.477. The maximum absolute atomic E-state index is 5.69. The summed E-state index contributed by atoms with van der Waals surface area (Å²) in [4.78, 5) is 4.09. The van der Waals surface area contributed by atoms with Crippen LogP contribution in [0, 0.1) is 0 Å². The number of benzene rings is 1. The molecule has 88 valence electrons. The van der Waals surface area contributed by atoms with Gasteiger partial charge in [0.05, 0.1) is 6.20 Å². The molecule has 0 bridgehead atoms. The zero-order valence-electron chi connectivity index (χ0n) is 9.48. The third kappa shape index (κ3) is 2.26. The lowest BCUT2D eigenvalue weighted by atomic mass is 9.92. The monoisotopic (exact) mass is 246 g/mol. The molecule has 1 aliphatic carbocycles. The Morgan fingerprint density at radius 2 is 2.00 bits per heavy atom. The molecule has 1 aliphatic rings. The molecule has 0 unspecified atom stereocenters. The van der Waals surface area contributed by atoms with Crippen molar-refractivity contribution in [3.63, 3.8) is 0 Å². The Kier molecular flexibility index (Phi) is 2.73. The zero-order chi connectivity index (χ0) is 11.7. The third-order valence-electron chi connectivity index (χ3n) is 3.03. The van der Waals surface area contributed by atoms with E-state index in [1.807, 2.05) is 6.07 Å². The van der Waals surface area contributed by atoms with Gasteiger partial charge >= 0.3 is 0 Å². The molecule has 3 rings (SSSR count). The van der Waals surface area contributed by atoms with Crippen molar-refractivity contribution in [2.45, 2.75) is 25.7 Å². The van der Waals surface area contributed by atoms with E-state index in [1.165, 1.54) is 41.7 Å². The number of hydrogen-bond donors (Lipinski definition) is 1. The minimum atomic E-state index is 0.609. The second-order valence-corrected chi connectivity index (χ2v) is 5.29. The summed E-state index contributed by atoms with van der Waals surface area (Å²) in [6, 6.07) is 6.31. The lowest BCUT2D eigenvalue weighted by Gasteiger charge is -2.16. The predicted octanol–water partition coefficient (Wildman–Crippen LogP) is 3.40. The topological polar surface area (TPSA) is 48.1 Å². The number of hydrogen-bond acceptors (Lipinski definition) is 4. The summed E-state index contributed by atoms with van der Waals surface area (Å²) in [6.07, 6.45) is 6.56. The quantitative estimate of drug-likeness (QED) is 0.883.